The second-order valence-corrected chi connectivity index (χ2v) is 17.8. The molecule has 0 unspecified atom stereocenters. The molecular formula is C43H58N6O9. The summed E-state index contributed by atoms with van der Waals surface area (Å²) in [6, 6.07) is 20.7. The van der Waals surface area contributed by atoms with E-state index >= 15 is 0 Å². The molecule has 0 fully saturated rings. The Hall–Kier alpha value is -5.64. The van der Waals surface area contributed by atoms with Gasteiger partial charge in [0.1, 0.15) is 16.8 Å². The molecule has 0 saturated heterocycles. The highest BCUT2D eigenvalue weighted by atomic mass is 16.6. The fourth-order valence-corrected chi connectivity index (χ4v) is 5.07. The summed E-state index contributed by atoms with van der Waals surface area (Å²) >= 11 is 0. The maximum Gasteiger partial charge on any atom is 0.336 e. The van der Waals surface area contributed by atoms with Crippen molar-refractivity contribution < 1.29 is 43.0 Å². The van der Waals surface area contributed by atoms with E-state index in [1.165, 1.54) is 20.8 Å². The van der Waals surface area contributed by atoms with Gasteiger partial charge in [-0.1, -0.05) is 36.4 Å². The fourth-order valence-electron chi connectivity index (χ4n) is 5.07. The highest BCUT2D eigenvalue weighted by molar-refractivity contribution is 6.14. The predicted octanol–water partition coefficient (Wildman–Crippen LogP) is 4.86. The second kappa shape index (κ2) is 17.1. The highest BCUT2D eigenvalue weighted by Crippen LogP contribution is 2.34. The van der Waals surface area contributed by atoms with E-state index in [2.05, 4.69) is 16.0 Å². The van der Waals surface area contributed by atoms with Gasteiger partial charge in [-0.3, -0.25) is 14.4 Å². The van der Waals surface area contributed by atoms with Crippen LogP contribution in [0.15, 0.2) is 72.8 Å². The normalized spacial score (nSPS) is 15.1. The number of carbonyl (C=O) groups excluding carboxylic acids is 6. The third-order valence-corrected chi connectivity index (χ3v) is 8.39. The van der Waals surface area contributed by atoms with E-state index in [4.69, 9.17) is 31.4 Å². The minimum Gasteiger partial charge on any atom is -0.458 e. The van der Waals surface area contributed by atoms with Gasteiger partial charge < -0.3 is 47.4 Å². The van der Waals surface area contributed by atoms with E-state index < -0.39 is 75.0 Å². The van der Waals surface area contributed by atoms with Gasteiger partial charge in [-0.25, -0.2) is 14.4 Å². The molecule has 0 saturated carbocycles. The summed E-state index contributed by atoms with van der Waals surface area (Å²) in [7, 11) is 0. The molecule has 3 rings (SSSR count). The summed E-state index contributed by atoms with van der Waals surface area (Å²) in [6.45, 7) is 18.9. The zero-order valence-corrected chi connectivity index (χ0v) is 35.4. The van der Waals surface area contributed by atoms with Gasteiger partial charge in [-0.2, -0.15) is 0 Å². The van der Waals surface area contributed by atoms with Crippen LogP contribution in [0.1, 0.15) is 106 Å². The van der Waals surface area contributed by atoms with Crippen LogP contribution in [0, 0.1) is 0 Å². The molecule has 0 aliphatic heterocycles. The molecule has 0 radical (unpaired) electrons. The van der Waals surface area contributed by atoms with E-state index in [-0.39, 0.29) is 0 Å². The predicted molar refractivity (Wildman–Crippen MR) is 221 cm³/mol. The van der Waals surface area contributed by atoms with E-state index in [9.17, 15) is 28.8 Å². The van der Waals surface area contributed by atoms with Crippen molar-refractivity contribution in [3.8, 4) is 0 Å². The number of amides is 3. The quantitative estimate of drug-likeness (QED) is 0.0623. The van der Waals surface area contributed by atoms with Gasteiger partial charge in [0, 0.05) is 23.0 Å². The minimum atomic E-state index is -1.97. The smallest absolute Gasteiger partial charge is 0.336 e. The molecule has 3 aromatic rings. The summed E-state index contributed by atoms with van der Waals surface area (Å²) in [5, 5.41) is 8.04. The van der Waals surface area contributed by atoms with Crippen molar-refractivity contribution in [3.63, 3.8) is 0 Å². The lowest BCUT2D eigenvalue weighted by Crippen LogP contribution is -2.57. The van der Waals surface area contributed by atoms with Crippen LogP contribution in [0.25, 0.3) is 0 Å². The van der Waals surface area contributed by atoms with Gasteiger partial charge in [0.25, 0.3) is 17.7 Å². The van der Waals surface area contributed by atoms with Crippen LogP contribution in [-0.4, -0.2) is 69.0 Å². The summed E-state index contributed by atoms with van der Waals surface area (Å²) in [5.74, 6) is -5.37. The Morgan fingerprint density at radius 1 is 0.397 bits per heavy atom. The third-order valence-electron chi connectivity index (χ3n) is 8.39. The number of carbonyl (C=O) groups is 6. The topological polar surface area (TPSA) is 244 Å². The largest absolute Gasteiger partial charge is 0.458 e. The first-order valence-corrected chi connectivity index (χ1v) is 18.6. The number of benzene rings is 3. The number of nitrogens with two attached hydrogens (primary N) is 3. The molecule has 0 spiro atoms. The zero-order chi connectivity index (χ0) is 44.2. The lowest BCUT2D eigenvalue weighted by Gasteiger charge is -2.27. The van der Waals surface area contributed by atoms with Crippen molar-refractivity contribution in [1.82, 2.24) is 0 Å². The van der Waals surface area contributed by atoms with Crippen LogP contribution in [0.4, 0.5) is 17.1 Å². The van der Waals surface area contributed by atoms with Crippen LogP contribution in [-0.2, 0) is 43.0 Å². The Morgan fingerprint density at radius 3 is 0.759 bits per heavy atom. The van der Waals surface area contributed by atoms with E-state index in [0.29, 0.717) is 17.1 Å². The van der Waals surface area contributed by atoms with Gasteiger partial charge in [0.2, 0.25) is 0 Å². The maximum atomic E-state index is 13.1. The minimum absolute atomic E-state index is 0.369. The fraction of sp³-hybridized carbons (Fsp3) is 0.442. The average Bonchev–Trinajstić information content (AvgIpc) is 3.08. The number of hydrogen-bond donors (Lipinski definition) is 6. The molecule has 0 aliphatic carbocycles. The summed E-state index contributed by atoms with van der Waals surface area (Å²) in [6.07, 6.45) is 0. The molecule has 3 aromatic carbocycles. The van der Waals surface area contributed by atoms with Gasteiger partial charge in [0.15, 0.2) is 16.6 Å². The molecule has 15 heteroatoms. The zero-order valence-electron chi connectivity index (χ0n) is 35.4. The molecule has 0 heterocycles. The van der Waals surface area contributed by atoms with Crippen molar-refractivity contribution in [2.45, 2.75) is 122 Å². The summed E-state index contributed by atoms with van der Waals surface area (Å²) < 4.78 is 16.0. The van der Waals surface area contributed by atoms with Crippen LogP contribution < -0.4 is 33.2 Å². The van der Waals surface area contributed by atoms with Gasteiger partial charge in [-0.05, 0) is 136 Å². The Labute approximate surface area is 340 Å². The molecule has 314 valence electrons. The highest BCUT2D eigenvalue weighted by Gasteiger charge is 2.43. The molecule has 0 bridgehead atoms. The molecule has 15 nitrogen and oxygen atoms in total. The van der Waals surface area contributed by atoms with Crippen LogP contribution in [0.5, 0.6) is 0 Å². The maximum absolute atomic E-state index is 13.1. The van der Waals surface area contributed by atoms with Crippen LogP contribution >= 0.6 is 0 Å². The SMILES string of the molecule is CC(C)(C)OC(=O)[C@@](C)(N)C(=O)Nc1ccc(C(c2ccc(NC(=O)[C@](C)(N)C(=O)OC(C)(C)C)cc2)c2ccc(NC(=O)[C@](C)(N)C(=O)OC(C)(C)C)cc2)cc1. The number of ether oxygens (including phenoxy) is 3. The monoisotopic (exact) mass is 802 g/mol. The number of hydrogen-bond acceptors (Lipinski definition) is 12. The van der Waals surface area contributed by atoms with Crippen molar-refractivity contribution in [2.75, 3.05) is 16.0 Å². The molecule has 3 amide bonds. The van der Waals surface area contributed by atoms with E-state index in [0.717, 1.165) is 16.7 Å². The first-order valence-electron chi connectivity index (χ1n) is 18.6. The molecular weight excluding hydrogens is 745 g/mol. The Kier molecular flexibility index (Phi) is 13.8. The van der Waals surface area contributed by atoms with Crippen LogP contribution in [0.2, 0.25) is 0 Å². The number of esters is 3. The van der Waals surface area contributed by atoms with E-state index in [1.54, 1.807) is 135 Å². The van der Waals surface area contributed by atoms with Crippen molar-refractivity contribution in [1.29, 1.82) is 0 Å². The molecule has 0 aliphatic rings. The molecule has 0 aromatic heterocycles. The number of anilines is 3. The Morgan fingerprint density at radius 2 is 0.586 bits per heavy atom. The Bertz CT molecular complexity index is 1770. The second-order valence-electron chi connectivity index (χ2n) is 17.8. The average molecular weight is 803 g/mol. The first-order chi connectivity index (χ1) is 26.3. The summed E-state index contributed by atoms with van der Waals surface area (Å²) in [5.41, 5.74) is 13.3. The molecule has 3 atom stereocenters. The van der Waals surface area contributed by atoms with Gasteiger partial charge >= 0.3 is 17.9 Å². The Balaban J connectivity index is 1.96. The van der Waals surface area contributed by atoms with E-state index in [1.807, 2.05) is 0 Å². The van der Waals surface area contributed by atoms with Gasteiger partial charge in [0.05, 0.1) is 0 Å². The molecule has 58 heavy (non-hydrogen) atoms. The van der Waals surface area contributed by atoms with Crippen molar-refractivity contribution in [3.05, 3.63) is 89.5 Å². The lowest BCUT2D eigenvalue weighted by molar-refractivity contribution is -0.164. The standard InChI is InChI=1S/C43H58N6O9/c1-38(2,3)56-35(53)41(10,44)32(50)47-28-19-13-25(14-20-28)31(26-15-21-29(22-16-26)48-33(51)42(11,45)36(54)57-39(4,5)6)27-17-23-30(24-18-27)49-34(52)43(12,46)37(55)58-40(7,8)9/h13-24,31H,44-46H2,1-12H3,(H,47,50)(H,48,51)(H,49,52)/t41-,42-,43-/m0/s1. The van der Waals surface area contributed by atoms with Crippen LogP contribution in [0.3, 0.4) is 0 Å². The molecule has 9 N–H and O–H groups in total. The first kappa shape index (κ1) is 46.7. The van der Waals surface area contributed by atoms with Crippen molar-refractivity contribution >= 4 is 52.7 Å². The third kappa shape index (κ3) is 12.4. The number of nitrogens with one attached hydrogen (secondary N) is 3. The van der Waals surface area contributed by atoms with Gasteiger partial charge in [-0.15, -0.1) is 0 Å². The summed E-state index contributed by atoms with van der Waals surface area (Å²) in [4.78, 5) is 77.3. The van der Waals surface area contributed by atoms with Crippen molar-refractivity contribution in [2.24, 2.45) is 17.2 Å². The lowest BCUT2D eigenvalue weighted by atomic mass is 9.85. The number of rotatable bonds is 12.